The highest BCUT2D eigenvalue weighted by Crippen LogP contribution is 2.43. The third-order valence-electron chi connectivity index (χ3n) is 5.91. The Balaban J connectivity index is 1.60. The van der Waals surface area contributed by atoms with Crippen LogP contribution in [0.1, 0.15) is 16.5 Å². The normalized spacial score (nSPS) is 17.9. The molecule has 6 nitrogen and oxygen atoms in total. The summed E-state index contributed by atoms with van der Waals surface area (Å²) in [5.74, 6) is -1.38. The van der Waals surface area contributed by atoms with Crippen LogP contribution in [-0.4, -0.2) is 26.8 Å². The van der Waals surface area contributed by atoms with E-state index in [0.717, 1.165) is 21.2 Å². The first-order valence-corrected chi connectivity index (χ1v) is 11.3. The van der Waals surface area contributed by atoms with E-state index in [1.807, 2.05) is 78.2 Å². The van der Waals surface area contributed by atoms with Crippen molar-refractivity contribution in [1.82, 2.24) is 9.97 Å². The summed E-state index contributed by atoms with van der Waals surface area (Å²) in [5, 5.41) is 15.0. The maximum Gasteiger partial charge on any atom is 0.302 e. The largest absolute Gasteiger partial charge is 0.507 e. The molecule has 1 fully saturated rings. The van der Waals surface area contributed by atoms with Crippen molar-refractivity contribution in [2.24, 2.45) is 0 Å². The molecule has 2 N–H and O–H groups in total. The van der Waals surface area contributed by atoms with Crippen LogP contribution >= 0.6 is 11.3 Å². The Morgan fingerprint density at radius 1 is 0.939 bits per heavy atom. The van der Waals surface area contributed by atoms with Gasteiger partial charge in [-0.1, -0.05) is 60.7 Å². The zero-order valence-electron chi connectivity index (χ0n) is 17.2. The van der Waals surface area contributed by atoms with E-state index in [9.17, 15) is 14.7 Å². The number of ketones is 1. The van der Waals surface area contributed by atoms with Crippen molar-refractivity contribution in [3.8, 4) is 0 Å². The lowest BCUT2D eigenvalue weighted by Crippen LogP contribution is -2.30. The van der Waals surface area contributed by atoms with Crippen LogP contribution < -0.4 is 4.90 Å². The molecule has 1 unspecified atom stereocenters. The number of H-pyrrole nitrogens is 1. The molecule has 160 valence electrons. The van der Waals surface area contributed by atoms with Crippen molar-refractivity contribution in [3.05, 3.63) is 100 Å². The van der Waals surface area contributed by atoms with E-state index < -0.39 is 17.7 Å². The minimum atomic E-state index is -0.787. The Morgan fingerprint density at radius 2 is 1.73 bits per heavy atom. The number of Topliss-reactive ketones (excluding diaryl/α,β-unsaturated/α-hetero) is 1. The summed E-state index contributed by atoms with van der Waals surface area (Å²) < 4.78 is 0. The number of nitrogens with zero attached hydrogens (tertiary/aromatic N) is 2. The number of anilines is 1. The lowest BCUT2D eigenvalue weighted by molar-refractivity contribution is -0.132. The maximum atomic E-state index is 13.3. The number of hydrogen-bond donors (Lipinski definition) is 2. The molecule has 3 aromatic carbocycles. The Labute approximate surface area is 192 Å². The van der Waals surface area contributed by atoms with Gasteiger partial charge in [0.15, 0.2) is 0 Å². The van der Waals surface area contributed by atoms with Crippen molar-refractivity contribution < 1.29 is 14.7 Å². The predicted octanol–water partition coefficient (Wildman–Crippen LogP) is 5.40. The van der Waals surface area contributed by atoms with Gasteiger partial charge in [0.2, 0.25) is 5.95 Å². The number of para-hydroxylation sites is 2. The molecule has 33 heavy (non-hydrogen) atoms. The zero-order valence-corrected chi connectivity index (χ0v) is 18.0. The molecule has 0 radical (unpaired) electrons. The van der Waals surface area contributed by atoms with Crippen LogP contribution in [0.2, 0.25) is 0 Å². The first kappa shape index (κ1) is 19.5. The van der Waals surface area contributed by atoms with Crippen molar-refractivity contribution in [3.63, 3.8) is 0 Å². The van der Waals surface area contributed by atoms with Crippen molar-refractivity contribution >= 4 is 56.5 Å². The van der Waals surface area contributed by atoms with Crippen molar-refractivity contribution in [1.29, 1.82) is 0 Å². The molecule has 1 atom stereocenters. The number of aromatic nitrogens is 2. The Kier molecular flexibility index (Phi) is 4.38. The van der Waals surface area contributed by atoms with Gasteiger partial charge in [-0.3, -0.25) is 14.5 Å². The Morgan fingerprint density at radius 3 is 2.55 bits per heavy atom. The number of rotatable bonds is 3. The fourth-order valence-corrected chi connectivity index (χ4v) is 5.22. The number of nitrogens with one attached hydrogen (secondary N) is 1. The monoisotopic (exact) mass is 451 g/mol. The molecule has 0 bridgehead atoms. The van der Waals surface area contributed by atoms with Gasteiger partial charge >= 0.3 is 5.91 Å². The number of imidazole rings is 1. The third-order valence-corrected chi connectivity index (χ3v) is 6.83. The molecule has 7 heteroatoms. The second-order valence-corrected chi connectivity index (χ2v) is 8.77. The van der Waals surface area contributed by atoms with Gasteiger partial charge in [0, 0.05) is 10.4 Å². The fraction of sp³-hybridized carbons (Fsp3) is 0.0385. The van der Waals surface area contributed by atoms with Gasteiger partial charge < -0.3 is 10.1 Å². The van der Waals surface area contributed by atoms with E-state index in [-0.39, 0.29) is 17.3 Å². The molecular formula is C26H17N3O3S. The van der Waals surface area contributed by atoms with E-state index in [2.05, 4.69) is 9.97 Å². The summed E-state index contributed by atoms with van der Waals surface area (Å²) >= 11 is 1.42. The third kappa shape index (κ3) is 2.97. The van der Waals surface area contributed by atoms with Crippen LogP contribution in [0.25, 0.3) is 27.6 Å². The van der Waals surface area contributed by atoms with Gasteiger partial charge in [0.05, 0.1) is 16.6 Å². The minimum absolute atomic E-state index is 0.0549. The van der Waals surface area contributed by atoms with Crippen LogP contribution in [0.3, 0.4) is 0 Å². The van der Waals surface area contributed by atoms with Crippen LogP contribution in [-0.2, 0) is 9.59 Å². The summed E-state index contributed by atoms with van der Waals surface area (Å²) in [5.41, 5.74) is 2.01. The van der Waals surface area contributed by atoms with E-state index in [4.69, 9.17) is 0 Å². The topological polar surface area (TPSA) is 86.3 Å². The molecule has 0 saturated carbocycles. The number of aliphatic hydroxyl groups excluding tert-OH is 1. The average Bonchev–Trinajstić information content (AvgIpc) is 3.57. The van der Waals surface area contributed by atoms with E-state index >= 15 is 0 Å². The highest BCUT2D eigenvalue weighted by Gasteiger charge is 2.48. The number of aliphatic hydroxyl groups is 1. The van der Waals surface area contributed by atoms with Gasteiger partial charge in [0.1, 0.15) is 11.8 Å². The lowest BCUT2D eigenvalue weighted by Gasteiger charge is -2.21. The van der Waals surface area contributed by atoms with Crippen molar-refractivity contribution in [2.75, 3.05) is 4.90 Å². The molecule has 0 aliphatic carbocycles. The summed E-state index contributed by atoms with van der Waals surface area (Å²) in [6, 6.07) is 23.5. The Hall–Kier alpha value is -4.23. The molecular weight excluding hydrogens is 434 g/mol. The zero-order chi connectivity index (χ0) is 22.5. The van der Waals surface area contributed by atoms with Crippen LogP contribution in [0.5, 0.6) is 0 Å². The molecule has 6 rings (SSSR count). The number of fused-ring (bicyclic) bond motifs is 2. The number of carbonyl (C=O) groups excluding carboxylic acids is 2. The average molecular weight is 452 g/mol. The molecule has 1 amide bonds. The fourth-order valence-electron chi connectivity index (χ4n) is 4.40. The summed E-state index contributed by atoms with van der Waals surface area (Å²) in [6.45, 7) is 0. The minimum Gasteiger partial charge on any atom is -0.507 e. The molecule has 1 aliphatic heterocycles. The quantitative estimate of drug-likeness (QED) is 0.218. The number of benzene rings is 3. The second-order valence-electron chi connectivity index (χ2n) is 7.79. The second kappa shape index (κ2) is 7.43. The summed E-state index contributed by atoms with van der Waals surface area (Å²) in [4.78, 5) is 36.4. The first-order chi connectivity index (χ1) is 16.1. The first-order valence-electron chi connectivity index (χ1n) is 10.4. The van der Waals surface area contributed by atoms with Crippen molar-refractivity contribution in [2.45, 2.75) is 6.04 Å². The molecule has 0 spiro atoms. The highest BCUT2D eigenvalue weighted by molar-refractivity contribution is 7.10. The smallest absolute Gasteiger partial charge is 0.302 e. The van der Waals surface area contributed by atoms with E-state index in [1.165, 1.54) is 16.2 Å². The number of carbonyl (C=O) groups is 2. The molecule has 3 heterocycles. The highest BCUT2D eigenvalue weighted by atomic mass is 32.1. The summed E-state index contributed by atoms with van der Waals surface area (Å²) in [6.07, 6.45) is 0. The molecule has 1 aliphatic rings. The van der Waals surface area contributed by atoms with Gasteiger partial charge in [-0.2, -0.15) is 0 Å². The summed E-state index contributed by atoms with van der Waals surface area (Å²) in [7, 11) is 0. The predicted molar refractivity (Wildman–Crippen MR) is 129 cm³/mol. The van der Waals surface area contributed by atoms with Crippen LogP contribution in [0.15, 0.2) is 89.8 Å². The van der Waals surface area contributed by atoms with E-state index in [0.29, 0.717) is 11.1 Å². The molecule has 5 aromatic rings. The number of thiophene rings is 1. The standard InChI is InChI=1S/C26H17N3O3S/c30-23(17-10-5-8-15-7-1-2-9-16(15)17)21-22(20-13-6-14-33-20)29(25(32)24(21)31)26-27-18-11-3-4-12-19(18)28-26/h1-14,22,30H,(H,27,28)/b23-21+. The Bertz CT molecular complexity index is 1540. The number of hydrogen-bond acceptors (Lipinski definition) is 5. The van der Waals surface area contributed by atoms with Gasteiger partial charge in [0.25, 0.3) is 5.78 Å². The van der Waals surface area contributed by atoms with Gasteiger partial charge in [-0.05, 0) is 34.4 Å². The van der Waals surface area contributed by atoms with Crippen LogP contribution in [0, 0.1) is 0 Å². The molecule has 1 saturated heterocycles. The maximum absolute atomic E-state index is 13.3. The van der Waals surface area contributed by atoms with E-state index in [1.54, 1.807) is 6.07 Å². The number of amides is 1. The number of aromatic amines is 1. The van der Waals surface area contributed by atoms with Gasteiger partial charge in [-0.15, -0.1) is 11.3 Å². The molecule has 2 aromatic heterocycles. The lowest BCUT2D eigenvalue weighted by atomic mass is 9.96. The van der Waals surface area contributed by atoms with Crippen LogP contribution in [0.4, 0.5) is 5.95 Å². The SMILES string of the molecule is O=C1C(=O)N(c2nc3ccccc3[nH]2)C(c2cccs2)/C1=C(\O)c1cccc2ccccc12. The van der Waals surface area contributed by atoms with Gasteiger partial charge in [-0.25, -0.2) is 4.98 Å².